The van der Waals surface area contributed by atoms with Crippen molar-refractivity contribution in [3.63, 3.8) is 0 Å². The zero-order chi connectivity index (χ0) is 15.2. The second-order valence-electron chi connectivity index (χ2n) is 4.99. The molecule has 110 valence electrons. The van der Waals surface area contributed by atoms with Crippen molar-refractivity contribution < 1.29 is 4.79 Å². The van der Waals surface area contributed by atoms with Gasteiger partial charge in [-0.3, -0.25) is 15.6 Å². The number of hydrogen-bond acceptors (Lipinski definition) is 2. The van der Waals surface area contributed by atoms with Gasteiger partial charge in [-0.2, -0.15) is 0 Å². The first-order chi connectivity index (χ1) is 10.1. The van der Waals surface area contributed by atoms with Crippen molar-refractivity contribution in [2.45, 2.75) is 26.7 Å². The molecule has 0 aromatic heterocycles. The molecule has 4 heteroatoms. The number of hydrazine groups is 1. The van der Waals surface area contributed by atoms with Gasteiger partial charge in [0.05, 0.1) is 5.69 Å². The summed E-state index contributed by atoms with van der Waals surface area (Å²) in [6.45, 7) is 4.07. The number of aryl methyl sites for hydroxylation is 2. The standard InChI is InChI=1S/C17H19ClN2O/c1-3-4-13-5-7-14(8-6-13)17(21)20-19-16-10-9-15(18)11-12(16)2/h5-11,19H,3-4H2,1-2H3,(H,20,21). The molecular formula is C17H19ClN2O. The largest absolute Gasteiger partial charge is 0.298 e. The average Bonchev–Trinajstić information content (AvgIpc) is 2.47. The van der Waals surface area contributed by atoms with Crippen LogP contribution in [0.5, 0.6) is 0 Å². The third-order valence-electron chi connectivity index (χ3n) is 3.25. The lowest BCUT2D eigenvalue weighted by molar-refractivity contribution is 0.0962. The van der Waals surface area contributed by atoms with Gasteiger partial charge in [0.15, 0.2) is 0 Å². The molecule has 0 heterocycles. The van der Waals surface area contributed by atoms with Crippen LogP contribution in [-0.4, -0.2) is 5.91 Å². The topological polar surface area (TPSA) is 41.1 Å². The SMILES string of the molecule is CCCc1ccc(C(=O)NNc2ccc(Cl)cc2C)cc1. The van der Waals surface area contributed by atoms with Crippen molar-refractivity contribution in [1.82, 2.24) is 5.43 Å². The van der Waals surface area contributed by atoms with Crippen molar-refractivity contribution in [3.8, 4) is 0 Å². The van der Waals surface area contributed by atoms with Gasteiger partial charge in [0.1, 0.15) is 0 Å². The van der Waals surface area contributed by atoms with Gasteiger partial charge in [0.25, 0.3) is 5.91 Å². The van der Waals surface area contributed by atoms with Gasteiger partial charge in [-0.25, -0.2) is 0 Å². The quantitative estimate of drug-likeness (QED) is 0.806. The van der Waals surface area contributed by atoms with Crippen LogP contribution < -0.4 is 10.9 Å². The maximum Gasteiger partial charge on any atom is 0.269 e. The Morgan fingerprint density at radius 3 is 2.48 bits per heavy atom. The molecule has 3 nitrogen and oxygen atoms in total. The van der Waals surface area contributed by atoms with Crippen LogP contribution in [0.4, 0.5) is 5.69 Å². The number of hydrogen-bond donors (Lipinski definition) is 2. The Kier molecular flexibility index (Phi) is 5.23. The first-order valence-electron chi connectivity index (χ1n) is 7.01. The summed E-state index contributed by atoms with van der Waals surface area (Å²) in [5, 5.41) is 0.677. The van der Waals surface area contributed by atoms with Gasteiger partial charge in [-0.15, -0.1) is 0 Å². The van der Waals surface area contributed by atoms with Crippen LogP contribution in [0.1, 0.15) is 34.8 Å². The van der Waals surface area contributed by atoms with Crippen molar-refractivity contribution in [1.29, 1.82) is 0 Å². The minimum atomic E-state index is -0.160. The Balaban J connectivity index is 1.98. The Bertz CT molecular complexity index is 623. The second-order valence-corrected chi connectivity index (χ2v) is 5.42. The molecule has 2 rings (SSSR count). The van der Waals surface area contributed by atoms with Crippen LogP contribution in [0.3, 0.4) is 0 Å². The summed E-state index contributed by atoms with van der Waals surface area (Å²) in [6, 6.07) is 13.1. The number of benzene rings is 2. The Labute approximate surface area is 130 Å². The molecule has 2 aromatic carbocycles. The highest BCUT2D eigenvalue weighted by Crippen LogP contribution is 2.18. The summed E-state index contributed by atoms with van der Waals surface area (Å²) in [5.74, 6) is -0.160. The van der Waals surface area contributed by atoms with Gasteiger partial charge in [-0.1, -0.05) is 37.1 Å². The molecule has 0 aliphatic carbocycles. The van der Waals surface area contributed by atoms with E-state index in [1.807, 2.05) is 43.3 Å². The summed E-state index contributed by atoms with van der Waals surface area (Å²) >= 11 is 5.90. The van der Waals surface area contributed by atoms with Crippen molar-refractivity contribution in [2.75, 3.05) is 5.43 Å². The molecule has 1 amide bonds. The Morgan fingerprint density at radius 1 is 1.14 bits per heavy atom. The number of nitrogens with one attached hydrogen (secondary N) is 2. The summed E-state index contributed by atoms with van der Waals surface area (Å²) in [6.07, 6.45) is 2.13. The van der Waals surface area contributed by atoms with Gasteiger partial charge in [-0.05, 0) is 54.8 Å². The van der Waals surface area contributed by atoms with E-state index in [0.717, 1.165) is 24.1 Å². The molecule has 0 atom stereocenters. The predicted octanol–water partition coefficient (Wildman–Crippen LogP) is 4.36. The summed E-state index contributed by atoms with van der Waals surface area (Å²) in [7, 11) is 0. The monoisotopic (exact) mass is 302 g/mol. The van der Waals surface area contributed by atoms with Crippen molar-refractivity contribution in [3.05, 3.63) is 64.2 Å². The van der Waals surface area contributed by atoms with E-state index < -0.39 is 0 Å². The maximum atomic E-state index is 12.1. The molecule has 0 spiro atoms. The fourth-order valence-electron chi connectivity index (χ4n) is 2.08. The van der Waals surface area contributed by atoms with Gasteiger partial charge in [0.2, 0.25) is 0 Å². The van der Waals surface area contributed by atoms with E-state index in [-0.39, 0.29) is 5.91 Å². The molecule has 2 N–H and O–H groups in total. The third-order valence-corrected chi connectivity index (χ3v) is 3.49. The van der Waals surface area contributed by atoms with E-state index in [4.69, 9.17) is 11.6 Å². The van der Waals surface area contributed by atoms with Crippen molar-refractivity contribution in [2.24, 2.45) is 0 Å². The second kappa shape index (κ2) is 7.14. The van der Waals surface area contributed by atoms with Gasteiger partial charge < -0.3 is 0 Å². The number of amides is 1. The number of carbonyl (C=O) groups excluding carboxylic acids is 1. The van der Waals surface area contributed by atoms with Crippen LogP contribution in [0.25, 0.3) is 0 Å². The van der Waals surface area contributed by atoms with E-state index in [1.165, 1.54) is 5.56 Å². The van der Waals surface area contributed by atoms with Gasteiger partial charge in [0, 0.05) is 10.6 Å². The lowest BCUT2D eigenvalue weighted by atomic mass is 10.1. The molecule has 0 unspecified atom stereocenters. The molecule has 0 aliphatic heterocycles. The fourth-order valence-corrected chi connectivity index (χ4v) is 2.30. The molecule has 0 saturated heterocycles. The number of anilines is 1. The summed E-state index contributed by atoms with van der Waals surface area (Å²) in [4.78, 5) is 12.1. The lowest BCUT2D eigenvalue weighted by Crippen LogP contribution is -2.29. The summed E-state index contributed by atoms with van der Waals surface area (Å²) in [5.41, 5.74) is 9.30. The number of halogens is 1. The zero-order valence-electron chi connectivity index (χ0n) is 12.2. The van der Waals surface area contributed by atoms with E-state index in [2.05, 4.69) is 17.8 Å². The molecule has 2 aromatic rings. The fraction of sp³-hybridized carbons (Fsp3) is 0.235. The minimum Gasteiger partial charge on any atom is -0.298 e. The molecule has 0 aliphatic rings. The first kappa shape index (κ1) is 15.4. The third kappa shape index (κ3) is 4.23. The van der Waals surface area contributed by atoms with Gasteiger partial charge >= 0.3 is 0 Å². The van der Waals surface area contributed by atoms with Crippen LogP contribution in [0, 0.1) is 6.92 Å². The molecule has 0 fully saturated rings. The van der Waals surface area contributed by atoms with Crippen LogP contribution in [0.15, 0.2) is 42.5 Å². The Hall–Kier alpha value is -2.00. The number of rotatable bonds is 5. The van der Waals surface area contributed by atoms with Crippen LogP contribution in [0.2, 0.25) is 5.02 Å². The zero-order valence-corrected chi connectivity index (χ0v) is 13.0. The molecule has 0 radical (unpaired) electrons. The molecule has 21 heavy (non-hydrogen) atoms. The molecular weight excluding hydrogens is 284 g/mol. The van der Waals surface area contributed by atoms with Crippen LogP contribution >= 0.6 is 11.6 Å². The highest BCUT2D eigenvalue weighted by atomic mass is 35.5. The average molecular weight is 303 g/mol. The van der Waals surface area contributed by atoms with E-state index >= 15 is 0 Å². The van der Waals surface area contributed by atoms with Crippen molar-refractivity contribution >= 4 is 23.2 Å². The highest BCUT2D eigenvalue weighted by Gasteiger charge is 2.06. The van der Waals surface area contributed by atoms with E-state index in [0.29, 0.717) is 10.6 Å². The minimum absolute atomic E-state index is 0.160. The first-order valence-corrected chi connectivity index (χ1v) is 7.39. The summed E-state index contributed by atoms with van der Waals surface area (Å²) < 4.78 is 0. The van der Waals surface area contributed by atoms with E-state index in [1.54, 1.807) is 6.07 Å². The lowest BCUT2D eigenvalue weighted by Gasteiger charge is -2.11. The Morgan fingerprint density at radius 2 is 1.86 bits per heavy atom. The van der Waals surface area contributed by atoms with E-state index in [9.17, 15) is 4.79 Å². The highest BCUT2D eigenvalue weighted by molar-refractivity contribution is 6.30. The van der Waals surface area contributed by atoms with Crippen LogP contribution in [-0.2, 0) is 6.42 Å². The maximum absolute atomic E-state index is 12.1. The number of carbonyl (C=O) groups is 1. The predicted molar refractivity (Wildman–Crippen MR) is 87.7 cm³/mol. The normalized spacial score (nSPS) is 10.2. The molecule has 0 bridgehead atoms. The smallest absolute Gasteiger partial charge is 0.269 e. The molecule has 0 saturated carbocycles.